The van der Waals surface area contributed by atoms with Crippen molar-refractivity contribution < 1.29 is 14.3 Å². The Labute approximate surface area is 126 Å². The summed E-state index contributed by atoms with van der Waals surface area (Å²) < 4.78 is 6.28. The summed E-state index contributed by atoms with van der Waals surface area (Å²) in [6.07, 6.45) is 0.0927. The molecule has 1 aromatic heterocycles. The monoisotopic (exact) mass is 304 g/mol. The lowest BCUT2D eigenvalue weighted by Crippen LogP contribution is -2.40. The van der Waals surface area contributed by atoms with Gasteiger partial charge in [0, 0.05) is 17.8 Å². The van der Waals surface area contributed by atoms with Gasteiger partial charge in [0.15, 0.2) is 0 Å². The number of rotatable bonds is 3. The lowest BCUT2D eigenvalue weighted by molar-refractivity contribution is -0.117. The van der Waals surface area contributed by atoms with Gasteiger partial charge in [0.25, 0.3) is 5.91 Å². The smallest absolute Gasteiger partial charge is 0.264 e. The zero-order chi connectivity index (χ0) is 14.8. The molecule has 1 aromatic carbocycles. The Morgan fingerprint density at radius 3 is 2.67 bits per heavy atom. The van der Waals surface area contributed by atoms with Gasteiger partial charge in [-0.25, -0.2) is 0 Å². The number of hydrogen-bond acceptors (Lipinski definition) is 4. The summed E-state index contributed by atoms with van der Waals surface area (Å²) in [5.41, 5.74) is 6.09. The van der Waals surface area contributed by atoms with Crippen molar-refractivity contribution in [1.82, 2.24) is 4.90 Å². The molecule has 1 aliphatic rings. The van der Waals surface area contributed by atoms with Gasteiger partial charge in [-0.05, 0) is 17.0 Å². The molecule has 3 rings (SSSR count). The van der Waals surface area contributed by atoms with Crippen molar-refractivity contribution in [3.8, 4) is 0 Å². The molecule has 1 saturated heterocycles. The van der Waals surface area contributed by atoms with Crippen molar-refractivity contribution in [2.24, 2.45) is 5.73 Å². The summed E-state index contributed by atoms with van der Waals surface area (Å²) in [7, 11) is 0. The average molecular weight is 304 g/mol. The molecule has 2 amide bonds. The van der Waals surface area contributed by atoms with E-state index in [0.717, 1.165) is 15.6 Å². The second-order valence-electron chi connectivity index (χ2n) is 4.95. The maximum Gasteiger partial charge on any atom is 0.264 e. The molecule has 0 radical (unpaired) electrons. The summed E-state index contributed by atoms with van der Waals surface area (Å²) in [5, 5.41) is 0.943. The predicted octanol–water partition coefficient (Wildman–Crippen LogP) is 1.40. The molecule has 0 unspecified atom stereocenters. The minimum Gasteiger partial charge on any atom is -0.378 e. The molecule has 0 spiro atoms. The predicted molar refractivity (Wildman–Crippen MR) is 81.4 cm³/mol. The quantitative estimate of drug-likeness (QED) is 0.931. The molecule has 0 aliphatic carbocycles. The van der Waals surface area contributed by atoms with Crippen LogP contribution in [0.1, 0.15) is 15.2 Å². The molecule has 1 fully saturated rings. The molecule has 0 saturated carbocycles. The van der Waals surface area contributed by atoms with E-state index in [1.165, 1.54) is 11.3 Å². The second kappa shape index (κ2) is 5.83. The van der Waals surface area contributed by atoms with Crippen LogP contribution in [0, 0.1) is 0 Å². The minimum absolute atomic E-state index is 0.0317. The minimum atomic E-state index is -0.422. The van der Waals surface area contributed by atoms with E-state index >= 15 is 0 Å². The van der Waals surface area contributed by atoms with Crippen molar-refractivity contribution in [1.29, 1.82) is 0 Å². The molecule has 5 nitrogen and oxygen atoms in total. The maximum absolute atomic E-state index is 12.7. The fourth-order valence-corrected chi connectivity index (χ4v) is 3.72. The number of morpholine rings is 1. The lowest BCUT2D eigenvalue weighted by Gasteiger charge is -2.26. The summed E-state index contributed by atoms with van der Waals surface area (Å²) >= 11 is 1.43. The highest BCUT2D eigenvalue weighted by Crippen LogP contribution is 2.32. The fourth-order valence-electron chi connectivity index (χ4n) is 2.53. The van der Waals surface area contributed by atoms with E-state index in [1.807, 2.05) is 24.3 Å². The third kappa shape index (κ3) is 2.77. The summed E-state index contributed by atoms with van der Waals surface area (Å²) in [4.78, 5) is 26.4. The maximum atomic E-state index is 12.7. The van der Waals surface area contributed by atoms with Crippen LogP contribution in [0.25, 0.3) is 10.1 Å². The summed E-state index contributed by atoms with van der Waals surface area (Å²) in [6.45, 7) is 2.29. The SMILES string of the molecule is NC(=O)Cc1c(C(=O)N2CCOCC2)sc2ccccc12. The third-order valence-electron chi connectivity index (χ3n) is 3.54. The van der Waals surface area contributed by atoms with Crippen molar-refractivity contribution in [3.63, 3.8) is 0 Å². The number of hydrogen-bond donors (Lipinski definition) is 1. The number of carbonyl (C=O) groups excluding carboxylic acids is 2. The van der Waals surface area contributed by atoms with Crippen LogP contribution in [0.2, 0.25) is 0 Å². The van der Waals surface area contributed by atoms with E-state index in [1.54, 1.807) is 4.90 Å². The lowest BCUT2D eigenvalue weighted by atomic mass is 10.1. The van der Waals surface area contributed by atoms with Crippen molar-refractivity contribution in [3.05, 3.63) is 34.7 Å². The van der Waals surface area contributed by atoms with Gasteiger partial charge in [0.05, 0.1) is 24.5 Å². The van der Waals surface area contributed by atoms with Crippen LogP contribution in [0.15, 0.2) is 24.3 Å². The van der Waals surface area contributed by atoms with Gasteiger partial charge in [-0.2, -0.15) is 0 Å². The third-order valence-corrected chi connectivity index (χ3v) is 4.74. The molecule has 6 heteroatoms. The Morgan fingerprint density at radius 2 is 1.95 bits per heavy atom. The molecule has 0 atom stereocenters. The molecular weight excluding hydrogens is 288 g/mol. The number of thiophene rings is 1. The number of primary amides is 1. The summed E-state index contributed by atoms with van der Waals surface area (Å²) in [5.74, 6) is -0.453. The van der Waals surface area contributed by atoms with Crippen LogP contribution in [0.5, 0.6) is 0 Å². The van der Waals surface area contributed by atoms with Crippen molar-refractivity contribution in [2.45, 2.75) is 6.42 Å². The highest BCUT2D eigenvalue weighted by atomic mass is 32.1. The standard InChI is InChI=1S/C15H16N2O3S/c16-13(18)9-11-10-3-1-2-4-12(10)21-14(11)15(19)17-5-7-20-8-6-17/h1-4H,5-9H2,(H2,16,18). The molecule has 21 heavy (non-hydrogen) atoms. The summed E-state index contributed by atoms with van der Waals surface area (Å²) in [6, 6.07) is 7.72. The molecule has 2 heterocycles. The largest absolute Gasteiger partial charge is 0.378 e. The topological polar surface area (TPSA) is 72.6 Å². The molecule has 0 bridgehead atoms. The van der Waals surface area contributed by atoms with Gasteiger partial charge in [-0.1, -0.05) is 18.2 Å². The highest BCUT2D eigenvalue weighted by molar-refractivity contribution is 7.21. The number of amides is 2. The molecule has 2 aromatic rings. The molecular formula is C15H16N2O3S. The van der Waals surface area contributed by atoms with Crippen molar-refractivity contribution >= 4 is 33.2 Å². The van der Waals surface area contributed by atoms with Gasteiger partial charge < -0.3 is 15.4 Å². The first kappa shape index (κ1) is 14.0. The van der Waals surface area contributed by atoms with Gasteiger partial charge in [-0.3, -0.25) is 9.59 Å². The average Bonchev–Trinajstić information content (AvgIpc) is 2.86. The number of nitrogens with two attached hydrogens (primary N) is 1. The van der Waals surface area contributed by atoms with E-state index in [-0.39, 0.29) is 12.3 Å². The van der Waals surface area contributed by atoms with E-state index in [4.69, 9.17) is 10.5 Å². The highest BCUT2D eigenvalue weighted by Gasteiger charge is 2.25. The Morgan fingerprint density at radius 1 is 1.24 bits per heavy atom. The van der Waals surface area contributed by atoms with Gasteiger partial charge in [-0.15, -0.1) is 11.3 Å². The van der Waals surface area contributed by atoms with Crippen molar-refractivity contribution in [2.75, 3.05) is 26.3 Å². The van der Waals surface area contributed by atoms with Crippen LogP contribution < -0.4 is 5.73 Å². The van der Waals surface area contributed by atoms with Gasteiger partial charge >= 0.3 is 0 Å². The number of nitrogens with zero attached hydrogens (tertiary/aromatic N) is 1. The van der Waals surface area contributed by atoms with E-state index < -0.39 is 5.91 Å². The second-order valence-corrected chi connectivity index (χ2v) is 6.01. The van der Waals surface area contributed by atoms with E-state index in [0.29, 0.717) is 31.2 Å². The Balaban J connectivity index is 2.03. The van der Waals surface area contributed by atoms with Crippen LogP contribution >= 0.6 is 11.3 Å². The number of benzene rings is 1. The van der Waals surface area contributed by atoms with Gasteiger partial charge in [0.1, 0.15) is 0 Å². The molecule has 110 valence electrons. The van der Waals surface area contributed by atoms with Crippen LogP contribution in [0.3, 0.4) is 0 Å². The molecule has 1 aliphatic heterocycles. The number of carbonyl (C=O) groups is 2. The first-order valence-corrected chi connectivity index (χ1v) is 7.64. The normalized spacial score (nSPS) is 15.3. The fraction of sp³-hybridized carbons (Fsp3) is 0.333. The van der Waals surface area contributed by atoms with Crippen LogP contribution in [-0.4, -0.2) is 43.0 Å². The number of fused-ring (bicyclic) bond motifs is 1. The zero-order valence-electron chi connectivity index (χ0n) is 11.5. The van der Waals surface area contributed by atoms with E-state index in [9.17, 15) is 9.59 Å². The van der Waals surface area contributed by atoms with Crippen LogP contribution in [0.4, 0.5) is 0 Å². The number of ether oxygens (including phenoxy) is 1. The first-order valence-electron chi connectivity index (χ1n) is 6.82. The van der Waals surface area contributed by atoms with Gasteiger partial charge in [0.2, 0.25) is 5.91 Å². The van der Waals surface area contributed by atoms with E-state index in [2.05, 4.69) is 0 Å². The molecule has 2 N–H and O–H groups in total. The Kier molecular flexibility index (Phi) is 3.90. The van der Waals surface area contributed by atoms with Crippen LogP contribution in [-0.2, 0) is 16.0 Å². The Bertz CT molecular complexity index is 689. The zero-order valence-corrected chi connectivity index (χ0v) is 12.3. The first-order chi connectivity index (χ1) is 10.2. The Hall–Kier alpha value is -1.92.